The first-order valence-corrected chi connectivity index (χ1v) is 7.83. The summed E-state index contributed by atoms with van der Waals surface area (Å²) in [5.74, 6) is 0.434. The Kier molecular flexibility index (Phi) is 5.07. The van der Waals surface area contributed by atoms with Gasteiger partial charge in [-0.3, -0.25) is 0 Å². The average Bonchev–Trinajstić information content (AvgIpc) is 2.80. The van der Waals surface area contributed by atoms with Crippen LogP contribution < -0.4 is 0 Å². The van der Waals surface area contributed by atoms with Crippen LogP contribution in [0, 0.1) is 5.92 Å². The number of aliphatic hydroxyl groups excluding tert-OH is 1. The molecule has 0 fully saturated rings. The van der Waals surface area contributed by atoms with Gasteiger partial charge in [-0.1, -0.05) is 38.0 Å². The maximum absolute atomic E-state index is 10.5. The molecule has 2 N–H and O–H groups in total. The third-order valence-corrected chi connectivity index (χ3v) is 4.05. The molecule has 1 aromatic carbocycles. The first-order valence-electron chi connectivity index (χ1n) is 7.83. The highest BCUT2D eigenvalue weighted by molar-refractivity contribution is 5.79. The SMILES string of the molecule is CC(CCCC(C)(C)O)CC(O)n1ccc2ccccc21. The molecule has 2 unspecified atom stereocenters. The van der Waals surface area contributed by atoms with Gasteiger partial charge in [0.05, 0.1) is 11.1 Å². The number of benzene rings is 1. The molecule has 116 valence electrons. The lowest BCUT2D eigenvalue weighted by Crippen LogP contribution is -2.18. The molecular formula is C18H27NO2. The minimum absolute atomic E-state index is 0.434. The Balaban J connectivity index is 1.90. The molecule has 0 radical (unpaired) electrons. The molecule has 1 heterocycles. The molecule has 0 saturated carbocycles. The van der Waals surface area contributed by atoms with E-state index in [1.807, 2.05) is 48.9 Å². The van der Waals surface area contributed by atoms with Crippen LogP contribution >= 0.6 is 0 Å². The van der Waals surface area contributed by atoms with Gasteiger partial charge in [-0.25, -0.2) is 0 Å². The summed E-state index contributed by atoms with van der Waals surface area (Å²) >= 11 is 0. The summed E-state index contributed by atoms with van der Waals surface area (Å²) < 4.78 is 1.95. The van der Waals surface area contributed by atoms with E-state index in [1.54, 1.807) is 0 Å². The van der Waals surface area contributed by atoms with E-state index >= 15 is 0 Å². The Bertz CT molecular complexity index is 568. The van der Waals surface area contributed by atoms with E-state index in [2.05, 4.69) is 13.0 Å². The summed E-state index contributed by atoms with van der Waals surface area (Å²) in [6.45, 7) is 5.86. The molecule has 0 spiro atoms. The normalized spacial score (nSPS) is 15.3. The fourth-order valence-electron chi connectivity index (χ4n) is 2.84. The lowest BCUT2D eigenvalue weighted by atomic mass is 9.95. The van der Waals surface area contributed by atoms with Crippen molar-refractivity contribution in [3.8, 4) is 0 Å². The van der Waals surface area contributed by atoms with Gasteiger partial charge in [0.25, 0.3) is 0 Å². The summed E-state index contributed by atoms with van der Waals surface area (Å²) in [4.78, 5) is 0. The molecule has 0 amide bonds. The molecular weight excluding hydrogens is 262 g/mol. The quantitative estimate of drug-likeness (QED) is 0.806. The third kappa shape index (κ3) is 4.58. The number of hydrogen-bond donors (Lipinski definition) is 2. The lowest BCUT2D eigenvalue weighted by molar-refractivity contribution is 0.0613. The molecule has 21 heavy (non-hydrogen) atoms. The highest BCUT2D eigenvalue weighted by Crippen LogP contribution is 2.25. The second-order valence-corrected chi connectivity index (χ2v) is 6.81. The first-order chi connectivity index (χ1) is 9.87. The van der Waals surface area contributed by atoms with E-state index in [0.717, 1.165) is 36.6 Å². The number of rotatable bonds is 7. The number of para-hydroxylation sites is 1. The van der Waals surface area contributed by atoms with Crippen molar-refractivity contribution in [3.05, 3.63) is 36.5 Å². The highest BCUT2D eigenvalue weighted by atomic mass is 16.3. The lowest BCUT2D eigenvalue weighted by Gasteiger charge is -2.21. The van der Waals surface area contributed by atoms with Crippen molar-refractivity contribution in [2.24, 2.45) is 5.92 Å². The number of aliphatic hydroxyl groups is 2. The summed E-state index contributed by atoms with van der Waals surface area (Å²) in [6.07, 6.45) is 5.04. The summed E-state index contributed by atoms with van der Waals surface area (Å²) in [6, 6.07) is 10.1. The largest absolute Gasteiger partial charge is 0.390 e. The zero-order valence-corrected chi connectivity index (χ0v) is 13.3. The van der Waals surface area contributed by atoms with Crippen molar-refractivity contribution in [2.75, 3.05) is 0 Å². The molecule has 3 heteroatoms. The van der Waals surface area contributed by atoms with Gasteiger partial charge >= 0.3 is 0 Å². The van der Waals surface area contributed by atoms with Gasteiger partial charge < -0.3 is 14.8 Å². The molecule has 1 aromatic heterocycles. The van der Waals surface area contributed by atoms with E-state index in [9.17, 15) is 10.2 Å². The molecule has 0 saturated heterocycles. The molecule has 3 nitrogen and oxygen atoms in total. The standard InChI is InChI=1S/C18H27NO2/c1-14(7-6-11-18(2,3)21)13-17(20)19-12-10-15-8-4-5-9-16(15)19/h4-5,8-10,12,14,17,20-21H,6-7,11,13H2,1-3H3. The predicted molar refractivity (Wildman–Crippen MR) is 87.1 cm³/mol. The molecule has 2 aromatic rings. The molecule has 0 aliphatic heterocycles. The number of nitrogens with zero attached hydrogens (tertiary/aromatic N) is 1. The Morgan fingerprint density at radius 2 is 1.90 bits per heavy atom. The van der Waals surface area contributed by atoms with Crippen LogP contribution in [-0.4, -0.2) is 20.4 Å². The Morgan fingerprint density at radius 1 is 1.19 bits per heavy atom. The smallest absolute Gasteiger partial charge is 0.131 e. The van der Waals surface area contributed by atoms with Crippen LogP contribution in [-0.2, 0) is 0 Å². The molecule has 2 rings (SSSR count). The topological polar surface area (TPSA) is 45.4 Å². The Morgan fingerprint density at radius 3 is 2.62 bits per heavy atom. The van der Waals surface area contributed by atoms with Crippen LogP contribution in [0.15, 0.2) is 36.5 Å². The summed E-state index contributed by atoms with van der Waals surface area (Å²) in [5.41, 5.74) is 0.489. The second kappa shape index (κ2) is 6.63. The van der Waals surface area contributed by atoms with Gasteiger partial charge in [0.2, 0.25) is 0 Å². The first kappa shape index (κ1) is 16.1. The molecule has 0 bridgehead atoms. The predicted octanol–water partition coefficient (Wildman–Crippen LogP) is 4.10. The van der Waals surface area contributed by atoms with Gasteiger partial charge in [0.15, 0.2) is 0 Å². The minimum Gasteiger partial charge on any atom is -0.390 e. The van der Waals surface area contributed by atoms with E-state index in [-0.39, 0.29) is 0 Å². The Labute approximate surface area is 127 Å². The van der Waals surface area contributed by atoms with Crippen molar-refractivity contribution in [1.29, 1.82) is 0 Å². The van der Waals surface area contributed by atoms with Crippen molar-refractivity contribution >= 4 is 10.9 Å². The van der Waals surface area contributed by atoms with E-state index in [1.165, 1.54) is 0 Å². The van der Waals surface area contributed by atoms with Crippen molar-refractivity contribution in [2.45, 2.75) is 58.3 Å². The van der Waals surface area contributed by atoms with Gasteiger partial charge in [0, 0.05) is 6.20 Å². The minimum atomic E-state index is -0.588. The Hall–Kier alpha value is -1.32. The zero-order valence-electron chi connectivity index (χ0n) is 13.3. The van der Waals surface area contributed by atoms with E-state index in [0.29, 0.717) is 5.92 Å². The zero-order chi connectivity index (χ0) is 15.5. The van der Waals surface area contributed by atoms with Gasteiger partial charge in [-0.15, -0.1) is 0 Å². The fraction of sp³-hybridized carbons (Fsp3) is 0.556. The van der Waals surface area contributed by atoms with Gasteiger partial charge in [0.1, 0.15) is 6.23 Å². The molecule has 0 aliphatic rings. The van der Waals surface area contributed by atoms with Crippen LogP contribution in [0.5, 0.6) is 0 Å². The second-order valence-electron chi connectivity index (χ2n) is 6.81. The van der Waals surface area contributed by atoms with E-state index in [4.69, 9.17) is 0 Å². The van der Waals surface area contributed by atoms with E-state index < -0.39 is 11.8 Å². The molecule has 2 atom stereocenters. The van der Waals surface area contributed by atoms with Crippen LogP contribution in [0.4, 0.5) is 0 Å². The van der Waals surface area contributed by atoms with Crippen LogP contribution in [0.2, 0.25) is 0 Å². The van der Waals surface area contributed by atoms with Crippen LogP contribution in [0.1, 0.15) is 52.7 Å². The van der Waals surface area contributed by atoms with Gasteiger partial charge in [-0.05, 0) is 50.1 Å². The number of aromatic nitrogens is 1. The molecule has 0 aliphatic carbocycles. The summed E-state index contributed by atoms with van der Waals surface area (Å²) in [5, 5.41) is 21.3. The maximum atomic E-state index is 10.5. The number of fused-ring (bicyclic) bond motifs is 1. The maximum Gasteiger partial charge on any atom is 0.131 e. The van der Waals surface area contributed by atoms with Crippen molar-refractivity contribution in [1.82, 2.24) is 4.57 Å². The van der Waals surface area contributed by atoms with Gasteiger partial charge in [-0.2, -0.15) is 0 Å². The number of hydrogen-bond acceptors (Lipinski definition) is 2. The van der Waals surface area contributed by atoms with Crippen LogP contribution in [0.25, 0.3) is 10.9 Å². The van der Waals surface area contributed by atoms with Crippen LogP contribution in [0.3, 0.4) is 0 Å². The highest BCUT2D eigenvalue weighted by Gasteiger charge is 2.16. The third-order valence-electron chi connectivity index (χ3n) is 4.05. The van der Waals surface area contributed by atoms with Crippen molar-refractivity contribution in [3.63, 3.8) is 0 Å². The fourth-order valence-corrected chi connectivity index (χ4v) is 2.84. The summed E-state index contributed by atoms with van der Waals surface area (Å²) in [7, 11) is 0. The monoisotopic (exact) mass is 289 g/mol. The van der Waals surface area contributed by atoms with Crippen molar-refractivity contribution < 1.29 is 10.2 Å². The average molecular weight is 289 g/mol.